The molecule has 2 N–H and O–H groups in total. The molecule has 0 heterocycles. The Kier molecular flexibility index (Phi) is 5.48. The third kappa shape index (κ3) is 3.83. The third-order valence-electron chi connectivity index (χ3n) is 7.74. The lowest BCUT2D eigenvalue weighted by Crippen LogP contribution is -2.57. The van der Waals surface area contributed by atoms with Crippen molar-refractivity contribution in [2.75, 3.05) is 5.32 Å². The van der Waals surface area contributed by atoms with Gasteiger partial charge in [0.15, 0.2) is 0 Å². The number of nitrogens with one attached hydrogen (secondary N) is 2. The van der Waals surface area contributed by atoms with Crippen molar-refractivity contribution in [2.45, 2.75) is 78.7 Å². The second kappa shape index (κ2) is 7.77. The van der Waals surface area contributed by atoms with E-state index in [1.807, 2.05) is 32.9 Å². The summed E-state index contributed by atoms with van der Waals surface area (Å²) < 4.78 is 0. The summed E-state index contributed by atoms with van der Waals surface area (Å²) in [6, 6.07) is 5.60. The van der Waals surface area contributed by atoms with Crippen LogP contribution in [-0.2, 0) is 16.0 Å². The van der Waals surface area contributed by atoms with E-state index in [4.69, 9.17) is 0 Å². The Bertz CT molecular complexity index is 763. The Hall–Kier alpha value is -1.84. The highest BCUT2D eigenvalue weighted by atomic mass is 16.2. The monoisotopic (exact) mass is 396 g/mol. The normalized spacial score (nSPS) is 31.0. The van der Waals surface area contributed by atoms with Gasteiger partial charge in [-0.15, -0.1) is 0 Å². The van der Waals surface area contributed by atoms with Gasteiger partial charge in [-0.25, -0.2) is 0 Å². The minimum absolute atomic E-state index is 0.0435. The molecule has 2 amide bonds. The fourth-order valence-corrected chi connectivity index (χ4v) is 6.62. The maximum Gasteiger partial charge on any atom is 0.247 e. The van der Waals surface area contributed by atoms with Crippen molar-refractivity contribution >= 4 is 17.5 Å². The molecule has 1 aromatic rings. The van der Waals surface area contributed by atoms with Crippen LogP contribution in [0.3, 0.4) is 0 Å². The van der Waals surface area contributed by atoms with Crippen molar-refractivity contribution in [3.63, 3.8) is 0 Å². The predicted molar refractivity (Wildman–Crippen MR) is 117 cm³/mol. The van der Waals surface area contributed by atoms with E-state index in [-0.39, 0.29) is 23.1 Å². The molecule has 0 spiro atoms. The van der Waals surface area contributed by atoms with E-state index < -0.39 is 6.04 Å². The number of carbonyl (C=O) groups is 2. The molecular formula is C25H36N2O2. The highest BCUT2D eigenvalue weighted by Gasteiger charge is 2.55. The van der Waals surface area contributed by atoms with Crippen LogP contribution in [0.1, 0.15) is 70.4 Å². The zero-order chi connectivity index (χ0) is 20.8. The van der Waals surface area contributed by atoms with Crippen LogP contribution in [0.25, 0.3) is 0 Å². The molecule has 1 aromatic carbocycles. The van der Waals surface area contributed by atoms with Crippen molar-refractivity contribution in [2.24, 2.45) is 29.1 Å². The molecule has 0 radical (unpaired) electrons. The predicted octanol–water partition coefficient (Wildman–Crippen LogP) is 4.85. The molecule has 4 fully saturated rings. The summed E-state index contributed by atoms with van der Waals surface area (Å²) in [5.74, 6) is 2.24. The van der Waals surface area contributed by atoms with Crippen molar-refractivity contribution in [1.29, 1.82) is 0 Å². The van der Waals surface area contributed by atoms with Gasteiger partial charge in [-0.1, -0.05) is 39.0 Å². The van der Waals surface area contributed by atoms with Crippen molar-refractivity contribution in [3.8, 4) is 0 Å². The standard InChI is InChI=1S/C25H36N2O2/c1-5-20-8-6-7-16(4)22(20)26-23(28)21(15(2)3)27-24(29)25-12-17-9-18(13-25)11-19(10-17)14-25/h6-8,15,17-19,21H,5,9-14H2,1-4H3,(H,26,28)(H,27,29)/t17?,18?,19?,21-,25?/m0/s1. The topological polar surface area (TPSA) is 58.2 Å². The molecule has 0 unspecified atom stereocenters. The molecule has 4 bridgehead atoms. The van der Waals surface area contributed by atoms with Gasteiger partial charge in [-0.05, 0) is 86.7 Å². The van der Waals surface area contributed by atoms with Crippen LogP contribution in [0.15, 0.2) is 18.2 Å². The lowest BCUT2D eigenvalue weighted by atomic mass is 9.49. The van der Waals surface area contributed by atoms with E-state index in [2.05, 4.69) is 23.6 Å². The molecular weight excluding hydrogens is 360 g/mol. The molecule has 0 saturated heterocycles. The second-order valence-corrected chi connectivity index (χ2v) is 10.3. The van der Waals surface area contributed by atoms with Crippen LogP contribution in [0.4, 0.5) is 5.69 Å². The lowest BCUT2D eigenvalue weighted by molar-refractivity contribution is -0.148. The van der Waals surface area contributed by atoms with E-state index in [1.54, 1.807) is 0 Å². The summed E-state index contributed by atoms with van der Waals surface area (Å²) in [5.41, 5.74) is 2.87. The molecule has 0 aliphatic heterocycles. The average Bonchev–Trinajstić information content (AvgIpc) is 2.66. The Labute approximate surface area is 175 Å². The fourth-order valence-electron chi connectivity index (χ4n) is 6.62. The fraction of sp³-hybridized carbons (Fsp3) is 0.680. The largest absolute Gasteiger partial charge is 0.344 e. The highest BCUT2D eigenvalue weighted by Crippen LogP contribution is 2.60. The number of amides is 2. The Morgan fingerprint density at radius 1 is 1.07 bits per heavy atom. The first-order valence-electron chi connectivity index (χ1n) is 11.5. The van der Waals surface area contributed by atoms with Gasteiger partial charge >= 0.3 is 0 Å². The maximum absolute atomic E-state index is 13.5. The second-order valence-electron chi connectivity index (χ2n) is 10.3. The summed E-state index contributed by atoms with van der Waals surface area (Å²) in [5, 5.41) is 6.34. The first kappa shape index (κ1) is 20.4. The number of rotatable bonds is 6. The van der Waals surface area contributed by atoms with Gasteiger partial charge in [0.1, 0.15) is 6.04 Å². The molecule has 1 atom stereocenters. The molecule has 4 nitrogen and oxygen atoms in total. The number of hydrogen-bond acceptors (Lipinski definition) is 2. The molecule has 5 rings (SSSR count). The Balaban J connectivity index is 1.50. The Morgan fingerprint density at radius 3 is 2.17 bits per heavy atom. The van der Waals surface area contributed by atoms with Crippen LogP contribution in [-0.4, -0.2) is 17.9 Å². The van der Waals surface area contributed by atoms with Gasteiger partial charge in [0.2, 0.25) is 11.8 Å². The number of benzene rings is 1. The first-order valence-corrected chi connectivity index (χ1v) is 11.5. The van der Waals surface area contributed by atoms with Crippen LogP contribution in [0, 0.1) is 36.0 Å². The minimum atomic E-state index is -0.500. The summed E-state index contributed by atoms with van der Waals surface area (Å²) in [6.45, 7) is 8.15. The molecule has 4 aliphatic carbocycles. The van der Waals surface area contributed by atoms with E-state index in [9.17, 15) is 9.59 Å². The number of anilines is 1. The number of carbonyl (C=O) groups excluding carboxylic acids is 2. The number of aryl methyl sites for hydroxylation is 2. The smallest absolute Gasteiger partial charge is 0.247 e. The van der Waals surface area contributed by atoms with Crippen LogP contribution in [0.5, 0.6) is 0 Å². The highest BCUT2D eigenvalue weighted by molar-refractivity contribution is 5.99. The van der Waals surface area contributed by atoms with E-state index in [1.165, 1.54) is 19.3 Å². The Morgan fingerprint density at radius 2 is 1.66 bits per heavy atom. The van der Waals surface area contributed by atoms with Gasteiger partial charge in [0.05, 0.1) is 0 Å². The SMILES string of the molecule is CCc1cccc(C)c1NC(=O)[C@@H](NC(=O)C12CC3CC(CC(C3)C1)C2)C(C)C. The first-order chi connectivity index (χ1) is 13.8. The quantitative estimate of drug-likeness (QED) is 0.722. The zero-order valence-electron chi connectivity index (χ0n) is 18.4. The summed E-state index contributed by atoms with van der Waals surface area (Å²) in [4.78, 5) is 26.7. The van der Waals surface area contributed by atoms with Crippen molar-refractivity contribution in [3.05, 3.63) is 29.3 Å². The summed E-state index contributed by atoms with van der Waals surface area (Å²) >= 11 is 0. The van der Waals surface area contributed by atoms with Crippen molar-refractivity contribution < 1.29 is 9.59 Å². The molecule has 4 aliphatic rings. The van der Waals surface area contributed by atoms with Gasteiger partial charge < -0.3 is 10.6 Å². The van der Waals surface area contributed by atoms with Gasteiger partial charge in [-0.2, -0.15) is 0 Å². The van der Waals surface area contributed by atoms with Gasteiger partial charge in [-0.3, -0.25) is 9.59 Å². The molecule has 4 saturated carbocycles. The third-order valence-corrected chi connectivity index (χ3v) is 7.74. The van der Waals surface area contributed by atoms with Crippen LogP contribution in [0.2, 0.25) is 0 Å². The average molecular weight is 397 g/mol. The minimum Gasteiger partial charge on any atom is -0.344 e. The van der Waals surface area contributed by atoms with Crippen LogP contribution < -0.4 is 10.6 Å². The van der Waals surface area contributed by atoms with E-state index in [0.29, 0.717) is 0 Å². The van der Waals surface area contributed by atoms with Crippen LogP contribution >= 0.6 is 0 Å². The maximum atomic E-state index is 13.5. The van der Waals surface area contributed by atoms with E-state index in [0.717, 1.165) is 60.3 Å². The van der Waals surface area contributed by atoms with E-state index >= 15 is 0 Å². The summed E-state index contributed by atoms with van der Waals surface area (Å²) in [6.07, 6.45) is 7.87. The molecule has 4 heteroatoms. The molecule has 29 heavy (non-hydrogen) atoms. The number of hydrogen-bond donors (Lipinski definition) is 2. The van der Waals surface area contributed by atoms with Crippen molar-refractivity contribution in [1.82, 2.24) is 5.32 Å². The van der Waals surface area contributed by atoms with Gasteiger partial charge in [0, 0.05) is 11.1 Å². The number of para-hydroxylation sites is 1. The van der Waals surface area contributed by atoms with Gasteiger partial charge in [0.25, 0.3) is 0 Å². The summed E-state index contributed by atoms with van der Waals surface area (Å²) in [7, 11) is 0. The lowest BCUT2D eigenvalue weighted by Gasteiger charge is -2.55. The molecule has 0 aromatic heterocycles. The zero-order valence-corrected chi connectivity index (χ0v) is 18.4. The molecule has 158 valence electrons.